The van der Waals surface area contributed by atoms with Gasteiger partial charge in [0, 0.05) is 20.6 Å². The molecule has 5 nitrogen and oxygen atoms in total. The van der Waals surface area contributed by atoms with Gasteiger partial charge in [-0.3, -0.25) is 4.79 Å². The molecule has 0 aliphatic carbocycles. The average Bonchev–Trinajstić information content (AvgIpc) is 2.70. The van der Waals surface area contributed by atoms with Crippen molar-refractivity contribution in [2.75, 3.05) is 0 Å². The first kappa shape index (κ1) is 20.7. The van der Waals surface area contributed by atoms with Gasteiger partial charge in [0.15, 0.2) is 0 Å². The van der Waals surface area contributed by atoms with E-state index in [9.17, 15) is 14.0 Å². The van der Waals surface area contributed by atoms with E-state index in [0.717, 1.165) is 4.47 Å². The maximum absolute atomic E-state index is 12.9. The summed E-state index contributed by atoms with van der Waals surface area (Å²) in [6.07, 6.45) is 1.34. The van der Waals surface area contributed by atoms with Crippen LogP contribution in [0.4, 0.5) is 4.39 Å². The second-order valence-electron chi connectivity index (χ2n) is 5.78. The quantitative estimate of drug-likeness (QED) is 0.238. The Kier molecular flexibility index (Phi) is 6.74. The van der Waals surface area contributed by atoms with Gasteiger partial charge in [0.25, 0.3) is 5.91 Å². The molecule has 0 saturated heterocycles. The van der Waals surface area contributed by atoms with E-state index in [1.807, 2.05) is 0 Å². The number of carbonyl (C=O) groups is 2. The summed E-state index contributed by atoms with van der Waals surface area (Å²) in [5.74, 6) is -1.25. The van der Waals surface area contributed by atoms with Crippen LogP contribution in [0.25, 0.3) is 0 Å². The van der Waals surface area contributed by atoms with Gasteiger partial charge in [-0.1, -0.05) is 27.5 Å². The van der Waals surface area contributed by atoms with Crippen molar-refractivity contribution in [3.63, 3.8) is 0 Å². The van der Waals surface area contributed by atoms with E-state index in [-0.39, 0.29) is 11.3 Å². The zero-order chi connectivity index (χ0) is 20.8. The maximum Gasteiger partial charge on any atom is 0.343 e. The number of halogens is 3. The lowest BCUT2D eigenvalue weighted by molar-refractivity contribution is 0.0734. The Bertz CT molecular complexity index is 1070. The Balaban J connectivity index is 1.73. The molecule has 0 atom stereocenters. The van der Waals surface area contributed by atoms with Crippen molar-refractivity contribution < 1.29 is 18.7 Å². The zero-order valence-electron chi connectivity index (χ0n) is 14.7. The monoisotopic (exact) mass is 474 g/mol. The smallest absolute Gasteiger partial charge is 0.343 e. The van der Waals surface area contributed by atoms with Gasteiger partial charge < -0.3 is 4.74 Å². The van der Waals surface area contributed by atoms with E-state index in [0.29, 0.717) is 16.1 Å². The van der Waals surface area contributed by atoms with E-state index in [1.165, 1.54) is 30.5 Å². The number of amides is 1. The topological polar surface area (TPSA) is 67.8 Å². The number of rotatable bonds is 5. The number of esters is 1. The second kappa shape index (κ2) is 9.45. The summed E-state index contributed by atoms with van der Waals surface area (Å²) in [5, 5.41) is 4.40. The number of nitrogens with zero attached hydrogens (tertiary/aromatic N) is 1. The minimum absolute atomic E-state index is 0.257. The highest BCUT2D eigenvalue weighted by Gasteiger charge is 2.12. The summed E-state index contributed by atoms with van der Waals surface area (Å²) >= 11 is 9.17. The fraction of sp³-hybridized carbons (Fsp3) is 0. The number of ether oxygens (including phenoxy) is 1. The first-order valence-electron chi connectivity index (χ1n) is 8.28. The van der Waals surface area contributed by atoms with E-state index in [1.54, 1.807) is 42.5 Å². The van der Waals surface area contributed by atoms with Crippen molar-refractivity contribution in [3.8, 4) is 5.75 Å². The third kappa shape index (κ3) is 5.73. The van der Waals surface area contributed by atoms with E-state index in [4.69, 9.17) is 16.3 Å². The molecule has 0 radical (unpaired) electrons. The van der Waals surface area contributed by atoms with Crippen LogP contribution in [0.1, 0.15) is 26.3 Å². The van der Waals surface area contributed by atoms with Gasteiger partial charge in [-0.25, -0.2) is 14.6 Å². The minimum atomic E-state index is -0.561. The SMILES string of the molecule is O=C(NN=Cc1cc(Br)ccc1OC(=O)c1ccc(Cl)cc1)c1ccc(F)cc1. The molecule has 3 rings (SSSR count). The number of benzene rings is 3. The molecule has 0 aromatic heterocycles. The molecule has 0 bridgehead atoms. The number of hydrogen-bond acceptors (Lipinski definition) is 4. The molecule has 0 fully saturated rings. The van der Waals surface area contributed by atoms with Crippen molar-refractivity contribution >= 4 is 45.6 Å². The largest absolute Gasteiger partial charge is 0.422 e. The molecule has 3 aromatic rings. The summed E-state index contributed by atoms with van der Waals surface area (Å²) in [5.41, 5.74) is 3.40. The van der Waals surface area contributed by atoms with Gasteiger partial charge >= 0.3 is 5.97 Å². The second-order valence-corrected chi connectivity index (χ2v) is 7.14. The third-order valence-corrected chi connectivity index (χ3v) is 4.48. The predicted molar refractivity (Wildman–Crippen MR) is 112 cm³/mol. The Hall–Kier alpha value is -3.03. The Morgan fingerprint density at radius 3 is 2.34 bits per heavy atom. The van der Waals surface area contributed by atoms with E-state index in [2.05, 4.69) is 26.5 Å². The number of hydrazone groups is 1. The van der Waals surface area contributed by atoms with Crippen LogP contribution in [-0.4, -0.2) is 18.1 Å². The lowest BCUT2D eigenvalue weighted by Gasteiger charge is -2.08. The molecular formula is C21H13BrClFN2O3. The van der Waals surface area contributed by atoms with Gasteiger partial charge in [-0.2, -0.15) is 5.10 Å². The molecule has 8 heteroatoms. The highest BCUT2D eigenvalue weighted by molar-refractivity contribution is 9.10. The zero-order valence-corrected chi connectivity index (χ0v) is 17.1. The highest BCUT2D eigenvalue weighted by Crippen LogP contribution is 2.23. The molecule has 0 aliphatic heterocycles. The molecule has 146 valence electrons. The van der Waals surface area contributed by atoms with E-state index >= 15 is 0 Å². The Morgan fingerprint density at radius 1 is 1.00 bits per heavy atom. The van der Waals surface area contributed by atoms with Crippen molar-refractivity contribution in [1.82, 2.24) is 5.43 Å². The molecule has 1 amide bonds. The summed E-state index contributed by atoms with van der Waals surface area (Å²) in [4.78, 5) is 24.4. The normalized spacial score (nSPS) is 10.7. The van der Waals surface area contributed by atoms with Crippen molar-refractivity contribution in [2.24, 2.45) is 5.10 Å². The summed E-state index contributed by atoms with van der Waals surface area (Å²) in [6.45, 7) is 0. The van der Waals surface area contributed by atoms with Gasteiger partial charge in [-0.05, 0) is 66.7 Å². The lowest BCUT2D eigenvalue weighted by atomic mass is 10.2. The number of nitrogens with one attached hydrogen (secondary N) is 1. The molecule has 29 heavy (non-hydrogen) atoms. The average molecular weight is 476 g/mol. The van der Waals surface area contributed by atoms with Crippen LogP contribution in [0.15, 0.2) is 76.3 Å². The lowest BCUT2D eigenvalue weighted by Crippen LogP contribution is -2.17. The molecular weight excluding hydrogens is 463 g/mol. The maximum atomic E-state index is 12.9. The summed E-state index contributed by atoms with van der Waals surface area (Å²) < 4.78 is 19.1. The standard InChI is InChI=1S/C21H13BrClFN2O3/c22-16-5-10-19(29-21(28)14-1-6-17(23)7-2-14)15(11-16)12-25-26-20(27)13-3-8-18(24)9-4-13/h1-12H,(H,26,27). The Labute approximate surface area is 179 Å². The van der Waals surface area contributed by atoms with Crippen LogP contribution in [0.3, 0.4) is 0 Å². The first-order chi connectivity index (χ1) is 13.9. The molecule has 0 saturated carbocycles. The van der Waals surface area contributed by atoms with Crippen molar-refractivity contribution in [3.05, 3.63) is 98.7 Å². The molecule has 0 heterocycles. The van der Waals surface area contributed by atoms with Gasteiger partial charge in [0.1, 0.15) is 11.6 Å². The van der Waals surface area contributed by atoms with Crippen LogP contribution >= 0.6 is 27.5 Å². The van der Waals surface area contributed by atoms with Crippen LogP contribution in [0.2, 0.25) is 5.02 Å². The third-order valence-electron chi connectivity index (χ3n) is 3.73. The van der Waals surface area contributed by atoms with Crippen LogP contribution in [0, 0.1) is 5.82 Å². The van der Waals surface area contributed by atoms with Gasteiger partial charge in [0.05, 0.1) is 11.8 Å². The van der Waals surface area contributed by atoms with Gasteiger partial charge in [-0.15, -0.1) is 0 Å². The number of carbonyl (C=O) groups excluding carboxylic acids is 2. The molecule has 3 aromatic carbocycles. The first-order valence-corrected chi connectivity index (χ1v) is 9.46. The Morgan fingerprint density at radius 2 is 1.66 bits per heavy atom. The molecule has 0 spiro atoms. The minimum Gasteiger partial charge on any atom is -0.422 e. The highest BCUT2D eigenvalue weighted by atomic mass is 79.9. The fourth-order valence-electron chi connectivity index (χ4n) is 2.28. The number of hydrogen-bond donors (Lipinski definition) is 1. The molecule has 0 unspecified atom stereocenters. The van der Waals surface area contributed by atoms with Gasteiger partial charge in [0.2, 0.25) is 0 Å². The summed E-state index contributed by atoms with van der Waals surface area (Å²) in [6, 6.07) is 16.3. The molecule has 0 aliphatic rings. The van der Waals surface area contributed by atoms with Crippen molar-refractivity contribution in [2.45, 2.75) is 0 Å². The predicted octanol–water partition coefficient (Wildman–Crippen LogP) is 5.22. The molecule has 1 N–H and O–H groups in total. The van der Waals surface area contributed by atoms with E-state index < -0.39 is 17.7 Å². The van der Waals surface area contributed by atoms with Crippen LogP contribution < -0.4 is 10.2 Å². The van der Waals surface area contributed by atoms with Crippen molar-refractivity contribution in [1.29, 1.82) is 0 Å². The van der Waals surface area contributed by atoms with Crippen LogP contribution in [0.5, 0.6) is 5.75 Å². The van der Waals surface area contributed by atoms with Crippen LogP contribution in [-0.2, 0) is 0 Å². The fourth-order valence-corrected chi connectivity index (χ4v) is 2.79. The summed E-state index contributed by atoms with van der Waals surface area (Å²) in [7, 11) is 0.